The number of halogens is 3. The molecule has 0 spiro atoms. The van der Waals surface area contributed by atoms with Crippen LogP contribution in [0.25, 0.3) is 0 Å². The third-order valence-corrected chi connectivity index (χ3v) is 6.46. The zero-order valence-corrected chi connectivity index (χ0v) is 16.9. The Hall–Kier alpha value is -0.700. The summed E-state index contributed by atoms with van der Waals surface area (Å²) in [7, 11) is 1.49. The van der Waals surface area contributed by atoms with Gasteiger partial charge < -0.3 is 10.3 Å². The highest BCUT2D eigenvalue weighted by Gasteiger charge is 2.37. The van der Waals surface area contributed by atoms with Crippen LogP contribution < -0.4 is 10.1 Å². The Kier molecular flexibility index (Phi) is 7.25. The Morgan fingerprint density at radius 3 is 2.80 bits per heavy atom. The van der Waals surface area contributed by atoms with Gasteiger partial charge in [0, 0.05) is 40.2 Å². The number of alkyl halides is 2. The van der Waals surface area contributed by atoms with Crippen molar-refractivity contribution in [3.05, 3.63) is 34.5 Å². The molecule has 0 amide bonds. The van der Waals surface area contributed by atoms with Gasteiger partial charge >= 0.3 is 0 Å². The van der Waals surface area contributed by atoms with E-state index in [0.717, 1.165) is 29.5 Å². The van der Waals surface area contributed by atoms with Gasteiger partial charge in [0.1, 0.15) is 0 Å². The highest BCUT2D eigenvalue weighted by atomic mass is 35.5. The minimum absolute atomic E-state index is 0.0770. The topological polar surface area (TPSA) is 39.7 Å². The molecule has 0 aromatic rings. The number of nitrogens with one attached hydrogen (secondary N) is 2. The van der Waals surface area contributed by atoms with Crippen LogP contribution in [0.4, 0.5) is 8.78 Å². The normalized spacial score (nSPS) is 22.6. The van der Waals surface area contributed by atoms with Crippen molar-refractivity contribution in [1.82, 2.24) is 15.0 Å². The predicted octanol–water partition coefficient (Wildman–Crippen LogP) is 4.49. The highest BCUT2D eigenvalue weighted by molar-refractivity contribution is 8.14. The van der Waals surface area contributed by atoms with Crippen LogP contribution in [0.2, 0.25) is 0 Å². The van der Waals surface area contributed by atoms with E-state index in [1.807, 2.05) is 24.1 Å². The largest absolute Gasteiger partial charge is 0.342 e. The quantitative estimate of drug-likeness (QED) is 0.268. The van der Waals surface area contributed by atoms with Crippen molar-refractivity contribution >= 4 is 40.4 Å². The summed E-state index contributed by atoms with van der Waals surface area (Å²) in [6, 6.07) is -0.0770. The summed E-state index contributed by atoms with van der Waals surface area (Å²) in [5.74, 6) is 0.305. The van der Waals surface area contributed by atoms with Gasteiger partial charge in [-0.2, -0.15) is 5.10 Å². The Morgan fingerprint density at radius 2 is 2.24 bits per heavy atom. The van der Waals surface area contributed by atoms with Crippen LogP contribution in [0, 0.1) is 0 Å². The number of hydrogen-bond acceptors (Lipinski definition) is 6. The summed E-state index contributed by atoms with van der Waals surface area (Å²) < 4.78 is 29.3. The zero-order chi connectivity index (χ0) is 18.6. The fourth-order valence-corrected chi connectivity index (χ4v) is 4.01. The number of rotatable bonds is 8. The van der Waals surface area contributed by atoms with Crippen molar-refractivity contribution in [2.24, 2.45) is 5.10 Å². The summed E-state index contributed by atoms with van der Waals surface area (Å²) in [6.45, 7) is 8.17. The lowest BCUT2D eigenvalue weighted by Gasteiger charge is -2.33. The van der Waals surface area contributed by atoms with E-state index in [9.17, 15) is 8.78 Å². The maximum atomic E-state index is 12.9. The maximum absolute atomic E-state index is 12.9. The number of hydrogen-bond donors (Lipinski definition) is 2. The predicted molar refractivity (Wildman–Crippen MR) is 106 cm³/mol. The molecule has 0 radical (unpaired) electrons. The first-order valence-electron chi connectivity index (χ1n) is 7.90. The van der Waals surface area contributed by atoms with E-state index in [1.54, 1.807) is 0 Å². The summed E-state index contributed by atoms with van der Waals surface area (Å²) in [5.41, 5.74) is 3.30. The van der Waals surface area contributed by atoms with Crippen molar-refractivity contribution in [3.8, 4) is 0 Å². The van der Waals surface area contributed by atoms with Crippen LogP contribution in [0.1, 0.15) is 26.7 Å². The van der Waals surface area contributed by atoms with Gasteiger partial charge in [-0.25, -0.2) is 8.78 Å². The lowest BCUT2D eigenvalue weighted by atomic mass is 10.2. The smallest absolute Gasteiger partial charge is 0.287 e. The van der Waals surface area contributed by atoms with Gasteiger partial charge in [0.2, 0.25) is 0 Å². The number of hydrazone groups is 1. The molecule has 1 unspecified atom stereocenters. The molecule has 1 saturated carbocycles. The fourth-order valence-electron chi connectivity index (χ4n) is 2.05. The van der Waals surface area contributed by atoms with Gasteiger partial charge in [0.05, 0.1) is 6.04 Å². The van der Waals surface area contributed by atoms with Gasteiger partial charge in [-0.15, -0.1) is 0 Å². The van der Waals surface area contributed by atoms with Crippen LogP contribution in [0.15, 0.2) is 39.6 Å². The molecule has 1 heterocycles. The molecule has 25 heavy (non-hydrogen) atoms. The van der Waals surface area contributed by atoms with E-state index in [2.05, 4.69) is 28.8 Å². The molecule has 0 aromatic heterocycles. The molecule has 0 saturated heterocycles. The summed E-state index contributed by atoms with van der Waals surface area (Å²) >= 11 is 8.87. The van der Waals surface area contributed by atoms with Crippen molar-refractivity contribution in [1.29, 1.82) is 0 Å². The Bertz CT molecular complexity index is 603. The Morgan fingerprint density at radius 1 is 1.56 bits per heavy atom. The molecule has 0 bridgehead atoms. The van der Waals surface area contributed by atoms with E-state index in [-0.39, 0.29) is 16.6 Å². The maximum Gasteiger partial charge on any atom is 0.287 e. The molecule has 2 rings (SSSR count). The molecule has 2 aliphatic rings. The van der Waals surface area contributed by atoms with Gasteiger partial charge in [0.25, 0.3) is 6.43 Å². The third-order valence-electron chi connectivity index (χ3n) is 3.94. The number of nitrogens with zero attached hydrogens (tertiary/aromatic N) is 2. The molecule has 1 fully saturated rings. The summed E-state index contributed by atoms with van der Waals surface area (Å²) in [4.78, 5) is 2.90. The number of thioether (sulfide) groups is 1. The first kappa shape index (κ1) is 20.6. The summed E-state index contributed by atoms with van der Waals surface area (Å²) in [5, 5.41) is 4.04. The van der Waals surface area contributed by atoms with E-state index >= 15 is 0 Å². The lowest BCUT2D eigenvalue weighted by molar-refractivity contribution is 0.228. The van der Waals surface area contributed by atoms with Crippen molar-refractivity contribution in [3.63, 3.8) is 0 Å². The van der Waals surface area contributed by atoms with E-state index in [1.165, 1.54) is 19.0 Å². The molecule has 9 heteroatoms. The standard InChI is InChI=1S/C16H23ClF2N4S2/c1-10(9-24-15(14(18)19)21-20-4)23-8-12(7-13(17)11(23)2)25-22-16(3)5-6-16/h7-8,11,14,20,22H,1,5-6,9H2,2-4H3/b21-15-. The van der Waals surface area contributed by atoms with Crippen molar-refractivity contribution in [2.45, 2.75) is 44.7 Å². The first-order valence-corrected chi connectivity index (χ1v) is 10.1. The molecule has 4 nitrogen and oxygen atoms in total. The van der Waals surface area contributed by atoms with Crippen molar-refractivity contribution < 1.29 is 8.78 Å². The van der Waals surface area contributed by atoms with Crippen molar-refractivity contribution in [2.75, 3.05) is 12.8 Å². The van der Waals surface area contributed by atoms with E-state index in [0.29, 0.717) is 16.5 Å². The minimum atomic E-state index is -2.61. The second-order valence-corrected chi connectivity index (χ2v) is 8.55. The second kappa shape index (κ2) is 8.79. The molecule has 140 valence electrons. The van der Waals surface area contributed by atoms with Gasteiger partial charge in [-0.05, 0) is 44.7 Å². The first-order chi connectivity index (χ1) is 11.8. The van der Waals surface area contributed by atoms with Crippen LogP contribution in [-0.2, 0) is 0 Å². The van der Waals surface area contributed by atoms with Crippen LogP contribution in [-0.4, -0.2) is 40.8 Å². The zero-order valence-electron chi connectivity index (χ0n) is 14.5. The van der Waals surface area contributed by atoms with E-state index in [4.69, 9.17) is 11.6 Å². The average molecular weight is 409 g/mol. The second-order valence-electron chi connectivity index (χ2n) is 6.24. The molecular formula is C16H23ClF2N4S2. The van der Waals surface area contributed by atoms with Crippen LogP contribution in [0.3, 0.4) is 0 Å². The molecule has 1 aliphatic heterocycles. The van der Waals surface area contributed by atoms with Gasteiger partial charge in [-0.1, -0.05) is 29.9 Å². The SMILES string of the molecule is C=C(CS/C(=N\NC)C(F)F)N1C=C(SNC2(C)CC2)C=C(Cl)C1C. The molecule has 2 N–H and O–H groups in total. The highest BCUT2D eigenvalue weighted by Crippen LogP contribution is 2.39. The molecule has 0 aromatic carbocycles. The Labute approximate surface area is 161 Å². The Balaban J connectivity index is 1.99. The van der Waals surface area contributed by atoms with Crippen LogP contribution in [0.5, 0.6) is 0 Å². The van der Waals surface area contributed by atoms with Crippen LogP contribution >= 0.6 is 35.3 Å². The van der Waals surface area contributed by atoms with E-state index < -0.39 is 6.43 Å². The molecule has 1 atom stereocenters. The average Bonchev–Trinajstić information content (AvgIpc) is 3.29. The van der Waals surface area contributed by atoms with Gasteiger partial charge in [-0.3, -0.25) is 4.72 Å². The monoisotopic (exact) mass is 408 g/mol. The fraction of sp³-hybridized carbons (Fsp3) is 0.562. The van der Waals surface area contributed by atoms with Gasteiger partial charge in [0.15, 0.2) is 5.04 Å². The minimum Gasteiger partial charge on any atom is -0.342 e. The summed E-state index contributed by atoms with van der Waals surface area (Å²) in [6.07, 6.45) is 3.60. The molecule has 1 aliphatic carbocycles. The number of allylic oxidation sites excluding steroid dienone is 1. The lowest BCUT2D eigenvalue weighted by Crippen LogP contribution is -2.32. The third kappa shape index (κ3) is 5.91. The molecular weight excluding hydrogens is 386 g/mol.